The Morgan fingerprint density at radius 3 is 3.00 bits per heavy atom. The predicted molar refractivity (Wildman–Crippen MR) is 65.5 cm³/mol. The van der Waals surface area contributed by atoms with Gasteiger partial charge in [0.25, 0.3) is 5.91 Å². The molecule has 0 radical (unpaired) electrons. The van der Waals surface area contributed by atoms with Gasteiger partial charge in [0.15, 0.2) is 5.96 Å². The van der Waals surface area contributed by atoms with Gasteiger partial charge in [-0.2, -0.15) is 0 Å². The van der Waals surface area contributed by atoms with Crippen LogP contribution >= 0.6 is 11.3 Å². The van der Waals surface area contributed by atoms with Crippen LogP contribution in [0.1, 0.15) is 24.8 Å². The van der Waals surface area contributed by atoms with Crippen molar-refractivity contribution in [2.75, 3.05) is 6.54 Å². The van der Waals surface area contributed by atoms with Gasteiger partial charge in [-0.15, -0.1) is 11.3 Å². The van der Waals surface area contributed by atoms with Crippen LogP contribution in [0.3, 0.4) is 0 Å². The van der Waals surface area contributed by atoms with Crippen LogP contribution in [0.4, 0.5) is 0 Å². The number of hydrogen-bond acceptors (Lipinski definition) is 3. The summed E-state index contributed by atoms with van der Waals surface area (Å²) in [5, 5.41) is 7.82. The monoisotopic (exact) mass is 237 g/mol. The highest BCUT2D eigenvalue weighted by Crippen LogP contribution is 2.21. The van der Waals surface area contributed by atoms with Crippen molar-refractivity contribution in [3.8, 4) is 0 Å². The van der Waals surface area contributed by atoms with Crippen LogP contribution in [-0.4, -0.2) is 18.4 Å². The normalized spacial score (nSPS) is 22.6. The molecule has 2 rings (SSSR count). The number of nitrogens with one attached hydrogen (secondary N) is 2. The number of aliphatic imine (C=N–C) groups is 1. The molecule has 16 heavy (non-hydrogen) atoms. The van der Waals surface area contributed by atoms with E-state index in [2.05, 4.69) is 29.5 Å². The molecule has 0 saturated carbocycles. The lowest BCUT2D eigenvalue weighted by atomic mass is 10.2. The van der Waals surface area contributed by atoms with Crippen LogP contribution < -0.4 is 10.6 Å². The maximum atomic E-state index is 11.7. The van der Waals surface area contributed by atoms with Gasteiger partial charge in [-0.3, -0.25) is 15.1 Å². The van der Waals surface area contributed by atoms with Crippen LogP contribution in [-0.2, 0) is 4.79 Å². The number of hydrogen-bond donors (Lipinski definition) is 2. The number of rotatable bonds is 3. The zero-order valence-corrected chi connectivity index (χ0v) is 10.2. The van der Waals surface area contributed by atoms with E-state index in [1.807, 2.05) is 17.5 Å². The molecular formula is C11H15N3OS. The molecular weight excluding hydrogens is 222 g/mol. The molecule has 0 spiro atoms. The van der Waals surface area contributed by atoms with Gasteiger partial charge >= 0.3 is 0 Å². The molecule has 0 bridgehead atoms. The van der Waals surface area contributed by atoms with Gasteiger partial charge in [-0.25, -0.2) is 0 Å². The minimum Gasteiger partial charge on any atom is -0.340 e. The first-order chi connectivity index (χ1) is 7.66. The maximum Gasteiger partial charge on any atom is 0.254 e. The van der Waals surface area contributed by atoms with Gasteiger partial charge in [0.1, 0.15) is 6.04 Å². The van der Waals surface area contributed by atoms with E-state index < -0.39 is 0 Å². The van der Waals surface area contributed by atoms with E-state index in [4.69, 9.17) is 0 Å². The fourth-order valence-electron chi connectivity index (χ4n) is 1.44. The lowest BCUT2D eigenvalue weighted by Crippen LogP contribution is -2.26. The van der Waals surface area contributed by atoms with E-state index in [-0.39, 0.29) is 11.9 Å². The van der Waals surface area contributed by atoms with Crippen LogP contribution in [0, 0.1) is 5.92 Å². The van der Waals surface area contributed by atoms with Crippen molar-refractivity contribution in [2.24, 2.45) is 10.9 Å². The van der Waals surface area contributed by atoms with Crippen LogP contribution in [0.25, 0.3) is 0 Å². The number of guanidine groups is 1. The molecule has 5 heteroatoms. The average Bonchev–Trinajstić information content (AvgIpc) is 2.83. The van der Waals surface area contributed by atoms with Gasteiger partial charge in [0.05, 0.1) is 0 Å². The Labute approximate surface area is 98.8 Å². The third kappa shape index (κ3) is 2.41. The van der Waals surface area contributed by atoms with Crippen molar-refractivity contribution in [3.05, 3.63) is 22.4 Å². The first-order valence-corrected chi connectivity index (χ1v) is 6.20. The van der Waals surface area contributed by atoms with Crippen molar-refractivity contribution in [3.63, 3.8) is 0 Å². The van der Waals surface area contributed by atoms with Gasteiger partial charge in [0.2, 0.25) is 0 Å². The second-order valence-electron chi connectivity index (χ2n) is 4.17. The Balaban J connectivity index is 2.05. The molecule has 1 saturated heterocycles. The highest BCUT2D eigenvalue weighted by Gasteiger charge is 2.30. The summed E-state index contributed by atoms with van der Waals surface area (Å²) in [5.74, 6) is 1.06. The van der Waals surface area contributed by atoms with Crippen LogP contribution in [0.5, 0.6) is 0 Å². The van der Waals surface area contributed by atoms with Crippen LogP contribution in [0.15, 0.2) is 22.5 Å². The molecule has 1 aliphatic rings. The molecule has 86 valence electrons. The third-order valence-corrected chi connectivity index (χ3v) is 3.16. The molecule has 0 aromatic carbocycles. The molecule has 2 N–H and O–H groups in total. The summed E-state index contributed by atoms with van der Waals surface area (Å²) in [5.41, 5.74) is 0. The zero-order chi connectivity index (χ0) is 11.5. The number of amides is 1. The fourth-order valence-corrected chi connectivity index (χ4v) is 2.22. The Kier molecular flexibility index (Phi) is 3.24. The molecule has 0 aliphatic carbocycles. The number of thiophene rings is 1. The van der Waals surface area contributed by atoms with E-state index >= 15 is 0 Å². The third-order valence-electron chi connectivity index (χ3n) is 2.23. The van der Waals surface area contributed by atoms with Gasteiger partial charge < -0.3 is 5.32 Å². The molecule has 4 nitrogen and oxygen atoms in total. The number of carbonyl (C=O) groups is 1. The highest BCUT2D eigenvalue weighted by molar-refractivity contribution is 7.10. The molecule has 1 aromatic rings. The molecule has 1 amide bonds. The van der Waals surface area contributed by atoms with E-state index in [0.717, 1.165) is 11.4 Å². The number of nitrogens with zero attached hydrogens (tertiary/aromatic N) is 1. The minimum atomic E-state index is -0.272. The predicted octanol–water partition coefficient (Wildman–Crippen LogP) is 1.52. The summed E-state index contributed by atoms with van der Waals surface area (Å²) in [6.07, 6.45) is 0. The van der Waals surface area contributed by atoms with Crippen molar-refractivity contribution >= 4 is 23.2 Å². The zero-order valence-electron chi connectivity index (χ0n) is 9.36. The Morgan fingerprint density at radius 1 is 1.56 bits per heavy atom. The van der Waals surface area contributed by atoms with E-state index in [1.165, 1.54) is 0 Å². The van der Waals surface area contributed by atoms with Gasteiger partial charge in [-0.1, -0.05) is 19.9 Å². The summed E-state index contributed by atoms with van der Waals surface area (Å²) >= 11 is 1.57. The smallest absolute Gasteiger partial charge is 0.254 e. The topological polar surface area (TPSA) is 53.5 Å². The standard InChI is InChI=1S/C11H15N3OS/c1-7(2)6-12-11-13-9(10(15)14-11)8-4-3-5-16-8/h3-5,7,9H,6H2,1-2H3,(H2,12,13,14,15). The summed E-state index contributed by atoms with van der Waals surface area (Å²) in [7, 11) is 0. The molecule has 1 aromatic heterocycles. The molecule has 1 fully saturated rings. The Bertz CT molecular complexity index is 397. The van der Waals surface area contributed by atoms with Crippen molar-refractivity contribution < 1.29 is 4.79 Å². The lowest BCUT2D eigenvalue weighted by Gasteiger charge is -2.04. The average molecular weight is 237 g/mol. The second kappa shape index (κ2) is 4.65. The second-order valence-corrected chi connectivity index (χ2v) is 5.14. The van der Waals surface area contributed by atoms with Crippen LogP contribution in [0.2, 0.25) is 0 Å². The highest BCUT2D eigenvalue weighted by atomic mass is 32.1. The fraction of sp³-hybridized carbons (Fsp3) is 0.455. The Morgan fingerprint density at radius 2 is 2.38 bits per heavy atom. The van der Waals surface area contributed by atoms with Gasteiger partial charge in [0, 0.05) is 11.4 Å². The van der Waals surface area contributed by atoms with E-state index in [1.54, 1.807) is 11.3 Å². The van der Waals surface area contributed by atoms with Gasteiger partial charge in [-0.05, 0) is 17.4 Å². The summed E-state index contributed by atoms with van der Waals surface area (Å²) in [4.78, 5) is 17.0. The molecule has 1 unspecified atom stereocenters. The molecule has 1 aliphatic heterocycles. The Hall–Kier alpha value is -1.36. The summed E-state index contributed by atoms with van der Waals surface area (Å²) in [6, 6.07) is 3.62. The first-order valence-electron chi connectivity index (χ1n) is 5.32. The van der Waals surface area contributed by atoms with E-state index in [0.29, 0.717) is 11.9 Å². The van der Waals surface area contributed by atoms with Crippen molar-refractivity contribution in [2.45, 2.75) is 19.9 Å². The van der Waals surface area contributed by atoms with Crippen molar-refractivity contribution in [1.29, 1.82) is 0 Å². The summed E-state index contributed by atoms with van der Waals surface area (Å²) < 4.78 is 0. The maximum absolute atomic E-state index is 11.7. The quantitative estimate of drug-likeness (QED) is 0.837. The first kappa shape index (κ1) is 11.1. The largest absolute Gasteiger partial charge is 0.340 e. The lowest BCUT2D eigenvalue weighted by molar-refractivity contribution is -0.120. The SMILES string of the molecule is CC(C)CN=C1NC(=O)C(c2cccs2)N1. The summed E-state index contributed by atoms with van der Waals surface area (Å²) in [6.45, 7) is 4.91. The van der Waals surface area contributed by atoms with E-state index in [9.17, 15) is 4.79 Å². The van der Waals surface area contributed by atoms with Crippen molar-refractivity contribution in [1.82, 2.24) is 10.6 Å². The molecule has 2 heterocycles. The number of carbonyl (C=O) groups excluding carboxylic acids is 1. The molecule has 1 atom stereocenters. The minimum absolute atomic E-state index is 0.0232.